The summed E-state index contributed by atoms with van der Waals surface area (Å²) in [6.45, 7) is 0. The summed E-state index contributed by atoms with van der Waals surface area (Å²) in [6.07, 6.45) is 4.52. The number of aromatic nitrogens is 3. The van der Waals surface area contributed by atoms with Gasteiger partial charge in [0.1, 0.15) is 5.56 Å². The highest BCUT2D eigenvalue weighted by Crippen LogP contribution is 2.20. The predicted molar refractivity (Wildman–Crippen MR) is 51.6 cm³/mol. The topological polar surface area (TPSA) is 92.0 Å². The molecule has 0 saturated heterocycles. The summed E-state index contributed by atoms with van der Waals surface area (Å²) in [6, 6.07) is 0. The van der Waals surface area contributed by atoms with E-state index in [4.69, 9.17) is 9.63 Å². The number of carboxylic acids is 1. The zero-order valence-corrected chi connectivity index (χ0v) is 8.32. The Balaban J connectivity index is 2.05. The largest absolute Gasteiger partial charge is 0.478 e. The standard InChI is InChI=1S/C8H7N3O3S/c12-7(13)5-3-11-14-6(5)4-15-8-9-1-2-10-8/h1-3H,4H2,(H,9,10)(H,12,13). The van der Waals surface area contributed by atoms with E-state index in [2.05, 4.69) is 15.1 Å². The van der Waals surface area contributed by atoms with Gasteiger partial charge in [0.05, 0.1) is 11.9 Å². The van der Waals surface area contributed by atoms with Crippen LogP contribution < -0.4 is 0 Å². The molecule has 0 aromatic carbocycles. The lowest BCUT2D eigenvalue weighted by Gasteiger charge is -1.94. The smallest absolute Gasteiger partial charge is 0.341 e. The number of aromatic carboxylic acids is 1. The van der Waals surface area contributed by atoms with Crippen LogP contribution in [0.4, 0.5) is 0 Å². The van der Waals surface area contributed by atoms with Crippen molar-refractivity contribution in [2.45, 2.75) is 10.9 Å². The van der Waals surface area contributed by atoms with Gasteiger partial charge >= 0.3 is 5.97 Å². The van der Waals surface area contributed by atoms with Gasteiger partial charge < -0.3 is 14.6 Å². The van der Waals surface area contributed by atoms with Gasteiger partial charge in [0.2, 0.25) is 0 Å². The molecule has 2 aromatic heterocycles. The minimum atomic E-state index is -1.04. The van der Waals surface area contributed by atoms with Crippen LogP contribution in [-0.2, 0) is 5.75 Å². The summed E-state index contributed by atoms with van der Waals surface area (Å²) in [5.41, 5.74) is 0.0917. The van der Waals surface area contributed by atoms with Gasteiger partial charge in [-0.3, -0.25) is 0 Å². The van der Waals surface area contributed by atoms with Crippen LogP contribution >= 0.6 is 11.8 Å². The Morgan fingerprint density at radius 3 is 3.20 bits per heavy atom. The van der Waals surface area contributed by atoms with Gasteiger partial charge in [0.15, 0.2) is 10.9 Å². The maximum Gasteiger partial charge on any atom is 0.341 e. The summed E-state index contributed by atoms with van der Waals surface area (Å²) >= 11 is 1.35. The molecule has 0 radical (unpaired) electrons. The van der Waals surface area contributed by atoms with Crippen LogP contribution in [0.15, 0.2) is 28.3 Å². The SMILES string of the molecule is O=C(O)c1cnoc1CSc1ncc[nH]1. The van der Waals surface area contributed by atoms with E-state index in [1.807, 2.05) is 0 Å². The fourth-order valence-electron chi connectivity index (χ4n) is 1.01. The van der Waals surface area contributed by atoms with E-state index in [1.165, 1.54) is 18.0 Å². The van der Waals surface area contributed by atoms with Crippen LogP contribution in [0.2, 0.25) is 0 Å². The van der Waals surface area contributed by atoms with E-state index in [0.29, 0.717) is 16.7 Å². The van der Waals surface area contributed by atoms with Crippen molar-refractivity contribution in [1.29, 1.82) is 0 Å². The minimum Gasteiger partial charge on any atom is -0.478 e. The average Bonchev–Trinajstić information content (AvgIpc) is 2.86. The molecule has 0 aliphatic rings. The molecule has 0 aliphatic heterocycles. The molecule has 2 rings (SSSR count). The fraction of sp³-hybridized carbons (Fsp3) is 0.125. The van der Waals surface area contributed by atoms with Crippen molar-refractivity contribution in [1.82, 2.24) is 15.1 Å². The number of H-pyrrole nitrogens is 1. The summed E-state index contributed by atoms with van der Waals surface area (Å²) in [4.78, 5) is 17.6. The zero-order valence-electron chi connectivity index (χ0n) is 7.51. The first kappa shape index (κ1) is 9.78. The molecule has 15 heavy (non-hydrogen) atoms. The lowest BCUT2D eigenvalue weighted by Crippen LogP contribution is -1.97. The molecule has 0 aliphatic carbocycles. The lowest BCUT2D eigenvalue weighted by molar-refractivity contribution is 0.0695. The molecule has 0 amide bonds. The first-order chi connectivity index (χ1) is 7.27. The van der Waals surface area contributed by atoms with Crippen LogP contribution in [0.5, 0.6) is 0 Å². The molecule has 0 saturated carbocycles. The molecular formula is C8H7N3O3S. The molecule has 7 heteroatoms. The summed E-state index contributed by atoms with van der Waals surface area (Å²) in [5, 5.41) is 12.9. The normalized spacial score (nSPS) is 10.4. The zero-order chi connectivity index (χ0) is 10.7. The van der Waals surface area contributed by atoms with Crippen molar-refractivity contribution in [3.05, 3.63) is 29.9 Å². The van der Waals surface area contributed by atoms with Crippen molar-refractivity contribution < 1.29 is 14.4 Å². The third kappa shape index (κ3) is 2.18. The maximum absolute atomic E-state index is 10.7. The molecular weight excluding hydrogens is 218 g/mol. The second-order valence-corrected chi connectivity index (χ2v) is 3.61. The van der Waals surface area contributed by atoms with Gasteiger partial charge in [-0.25, -0.2) is 9.78 Å². The Hall–Kier alpha value is -1.76. The van der Waals surface area contributed by atoms with E-state index in [1.54, 1.807) is 12.4 Å². The molecule has 0 atom stereocenters. The van der Waals surface area contributed by atoms with Crippen molar-refractivity contribution in [3.8, 4) is 0 Å². The quantitative estimate of drug-likeness (QED) is 0.764. The number of rotatable bonds is 4. The Bertz CT molecular complexity index is 451. The second kappa shape index (κ2) is 4.18. The Morgan fingerprint density at radius 1 is 1.67 bits per heavy atom. The third-order valence-electron chi connectivity index (χ3n) is 1.69. The van der Waals surface area contributed by atoms with Gasteiger partial charge in [-0.05, 0) is 0 Å². The number of carbonyl (C=O) groups is 1. The first-order valence-electron chi connectivity index (χ1n) is 4.06. The van der Waals surface area contributed by atoms with Crippen molar-refractivity contribution >= 4 is 17.7 Å². The van der Waals surface area contributed by atoms with Crippen LogP contribution in [0.25, 0.3) is 0 Å². The number of carboxylic acid groups (broad SMARTS) is 1. The number of hydrogen-bond donors (Lipinski definition) is 2. The van der Waals surface area contributed by atoms with Crippen LogP contribution in [0.1, 0.15) is 16.1 Å². The van der Waals surface area contributed by atoms with Crippen molar-refractivity contribution in [2.75, 3.05) is 0 Å². The van der Waals surface area contributed by atoms with E-state index in [0.717, 1.165) is 0 Å². The maximum atomic E-state index is 10.7. The van der Waals surface area contributed by atoms with E-state index >= 15 is 0 Å². The highest BCUT2D eigenvalue weighted by atomic mass is 32.2. The molecule has 0 bridgehead atoms. The number of hydrogen-bond acceptors (Lipinski definition) is 5. The number of nitrogens with one attached hydrogen (secondary N) is 1. The molecule has 78 valence electrons. The Morgan fingerprint density at radius 2 is 2.53 bits per heavy atom. The summed E-state index contributed by atoms with van der Waals surface area (Å²) in [7, 11) is 0. The van der Waals surface area contributed by atoms with E-state index in [-0.39, 0.29) is 5.56 Å². The van der Waals surface area contributed by atoms with E-state index < -0.39 is 5.97 Å². The molecule has 6 nitrogen and oxygen atoms in total. The Labute approximate surface area is 88.7 Å². The minimum absolute atomic E-state index is 0.0917. The average molecular weight is 225 g/mol. The van der Waals surface area contributed by atoms with Crippen molar-refractivity contribution in [2.24, 2.45) is 0 Å². The van der Waals surface area contributed by atoms with Gasteiger partial charge in [-0.1, -0.05) is 16.9 Å². The van der Waals surface area contributed by atoms with Gasteiger partial charge in [0.25, 0.3) is 0 Å². The van der Waals surface area contributed by atoms with Gasteiger partial charge in [-0.2, -0.15) is 0 Å². The van der Waals surface area contributed by atoms with Crippen LogP contribution in [0.3, 0.4) is 0 Å². The van der Waals surface area contributed by atoms with Crippen LogP contribution in [-0.4, -0.2) is 26.2 Å². The van der Waals surface area contributed by atoms with Gasteiger partial charge in [0, 0.05) is 12.4 Å². The van der Waals surface area contributed by atoms with Crippen molar-refractivity contribution in [3.63, 3.8) is 0 Å². The highest BCUT2D eigenvalue weighted by molar-refractivity contribution is 7.98. The number of thioether (sulfide) groups is 1. The summed E-state index contributed by atoms with van der Waals surface area (Å²) < 4.78 is 4.83. The molecule has 0 fully saturated rings. The fourth-order valence-corrected chi connectivity index (χ4v) is 1.77. The number of imidazole rings is 1. The van der Waals surface area contributed by atoms with Gasteiger partial charge in [-0.15, -0.1) is 0 Å². The molecule has 0 spiro atoms. The lowest BCUT2D eigenvalue weighted by atomic mass is 10.3. The molecule has 0 unspecified atom stereocenters. The Kier molecular flexibility index (Phi) is 2.72. The number of aromatic amines is 1. The highest BCUT2D eigenvalue weighted by Gasteiger charge is 2.15. The molecule has 2 heterocycles. The van der Waals surface area contributed by atoms with E-state index in [9.17, 15) is 4.79 Å². The molecule has 2 aromatic rings. The monoisotopic (exact) mass is 225 g/mol. The number of nitrogens with zero attached hydrogens (tertiary/aromatic N) is 2. The third-order valence-corrected chi connectivity index (χ3v) is 2.59. The predicted octanol–water partition coefficient (Wildman–Crippen LogP) is 1.39. The first-order valence-corrected chi connectivity index (χ1v) is 5.05. The summed E-state index contributed by atoms with van der Waals surface area (Å²) in [5.74, 6) is -0.315. The van der Waals surface area contributed by atoms with Crippen LogP contribution in [0, 0.1) is 0 Å². The molecule has 2 N–H and O–H groups in total. The second-order valence-electron chi connectivity index (χ2n) is 2.65.